The van der Waals surface area contributed by atoms with Gasteiger partial charge in [0.05, 0.1) is 18.3 Å². The number of hydrogen-bond acceptors (Lipinski definition) is 3. The fourth-order valence-corrected chi connectivity index (χ4v) is 2.14. The van der Waals surface area contributed by atoms with Crippen molar-refractivity contribution < 1.29 is 13.9 Å². The van der Waals surface area contributed by atoms with Crippen molar-refractivity contribution in [2.75, 3.05) is 12.4 Å². The molecule has 18 heavy (non-hydrogen) atoms. The fourth-order valence-electron chi connectivity index (χ4n) is 2.14. The second-order valence-electron chi connectivity index (χ2n) is 4.27. The first-order valence-corrected chi connectivity index (χ1v) is 5.91. The van der Waals surface area contributed by atoms with Gasteiger partial charge in [0.1, 0.15) is 11.6 Å². The summed E-state index contributed by atoms with van der Waals surface area (Å²) in [7, 11) is 1.64. The van der Waals surface area contributed by atoms with Gasteiger partial charge in [0.25, 0.3) is 0 Å². The van der Waals surface area contributed by atoms with Gasteiger partial charge in [0, 0.05) is 7.11 Å². The Labute approximate surface area is 105 Å². The molecule has 1 aromatic rings. The molecule has 2 amide bonds. The van der Waals surface area contributed by atoms with Gasteiger partial charge in [-0.1, -0.05) is 0 Å². The van der Waals surface area contributed by atoms with Crippen molar-refractivity contribution in [3.63, 3.8) is 0 Å². The molecule has 0 unspecified atom stereocenters. The molecule has 1 fully saturated rings. The molecule has 1 aromatic heterocycles. The van der Waals surface area contributed by atoms with Gasteiger partial charge in [0.15, 0.2) is 0 Å². The Bertz CT molecular complexity index is 410. The summed E-state index contributed by atoms with van der Waals surface area (Å²) in [5, 5.41) is 5.39. The van der Waals surface area contributed by atoms with Crippen LogP contribution in [0.3, 0.4) is 0 Å². The van der Waals surface area contributed by atoms with Gasteiger partial charge in [-0.25, -0.2) is 14.2 Å². The Morgan fingerprint density at radius 2 is 2.33 bits per heavy atom. The molecule has 0 aliphatic heterocycles. The van der Waals surface area contributed by atoms with E-state index in [2.05, 4.69) is 15.6 Å². The van der Waals surface area contributed by atoms with Gasteiger partial charge in [0.2, 0.25) is 0 Å². The number of carbonyl (C=O) groups excluding carboxylic acids is 1. The molecule has 6 heteroatoms. The molecule has 1 aliphatic carbocycles. The number of aromatic nitrogens is 1. The molecule has 5 nitrogen and oxygen atoms in total. The second-order valence-corrected chi connectivity index (χ2v) is 4.27. The van der Waals surface area contributed by atoms with Crippen LogP contribution in [0, 0.1) is 5.82 Å². The van der Waals surface area contributed by atoms with E-state index in [0.717, 1.165) is 25.5 Å². The minimum atomic E-state index is -0.434. The van der Waals surface area contributed by atoms with Crippen LogP contribution in [0.4, 0.5) is 15.0 Å². The molecule has 0 radical (unpaired) electrons. The summed E-state index contributed by atoms with van der Waals surface area (Å²) in [5.74, 6) is -0.114. The highest BCUT2D eigenvalue weighted by Gasteiger charge is 2.28. The molecule has 1 heterocycles. The SMILES string of the molecule is CO[C@@H]1CCC[C@H]1NC(=O)Nc1ccc(F)cn1. The highest BCUT2D eigenvalue weighted by Crippen LogP contribution is 2.21. The topological polar surface area (TPSA) is 63.2 Å². The first kappa shape index (κ1) is 12.8. The molecule has 2 atom stereocenters. The quantitative estimate of drug-likeness (QED) is 0.865. The molecule has 2 N–H and O–H groups in total. The molecular formula is C12H16FN3O2. The van der Waals surface area contributed by atoms with Crippen LogP contribution in [0.5, 0.6) is 0 Å². The number of carbonyl (C=O) groups is 1. The summed E-state index contributed by atoms with van der Waals surface area (Å²) in [5.41, 5.74) is 0. The van der Waals surface area contributed by atoms with Crippen LogP contribution in [0.2, 0.25) is 0 Å². The van der Waals surface area contributed by atoms with Crippen molar-refractivity contribution in [3.05, 3.63) is 24.1 Å². The zero-order valence-corrected chi connectivity index (χ0v) is 10.1. The number of urea groups is 1. The van der Waals surface area contributed by atoms with Crippen molar-refractivity contribution >= 4 is 11.8 Å². The van der Waals surface area contributed by atoms with Crippen molar-refractivity contribution in [2.24, 2.45) is 0 Å². The molecule has 0 saturated heterocycles. The van der Waals surface area contributed by atoms with Crippen LogP contribution in [0.1, 0.15) is 19.3 Å². The van der Waals surface area contributed by atoms with Crippen molar-refractivity contribution in [2.45, 2.75) is 31.4 Å². The van der Waals surface area contributed by atoms with E-state index < -0.39 is 5.82 Å². The minimum Gasteiger partial charge on any atom is -0.379 e. The molecule has 0 spiro atoms. The molecule has 2 rings (SSSR count). The summed E-state index contributed by atoms with van der Waals surface area (Å²) < 4.78 is 17.9. The van der Waals surface area contributed by atoms with Gasteiger partial charge >= 0.3 is 6.03 Å². The predicted molar refractivity (Wildman–Crippen MR) is 64.8 cm³/mol. The monoisotopic (exact) mass is 253 g/mol. The van der Waals surface area contributed by atoms with Gasteiger partial charge in [-0.3, -0.25) is 5.32 Å². The maximum Gasteiger partial charge on any atom is 0.320 e. The van der Waals surface area contributed by atoms with E-state index in [1.165, 1.54) is 12.1 Å². The summed E-state index contributed by atoms with van der Waals surface area (Å²) in [6.45, 7) is 0. The molecule has 98 valence electrons. The van der Waals surface area contributed by atoms with E-state index >= 15 is 0 Å². The van der Waals surface area contributed by atoms with Gasteiger partial charge in [-0.15, -0.1) is 0 Å². The van der Waals surface area contributed by atoms with E-state index in [9.17, 15) is 9.18 Å². The van der Waals surface area contributed by atoms with Crippen molar-refractivity contribution in [3.8, 4) is 0 Å². The molecule has 0 aromatic carbocycles. The summed E-state index contributed by atoms with van der Waals surface area (Å²) >= 11 is 0. The zero-order valence-electron chi connectivity index (χ0n) is 10.1. The maximum atomic E-state index is 12.6. The number of anilines is 1. The standard InChI is InChI=1S/C12H16FN3O2/c1-18-10-4-2-3-9(10)15-12(17)16-11-6-5-8(13)7-14-11/h5-7,9-10H,2-4H2,1H3,(H2,14,15,16,17)/t9-,10-/m1/s1. The number of rotatable bonds is 3. The van der Waals surface area contributed by atoms with E-state index in [1.807, 2.05) is 0 Å². The third-order valence-electron chi connectivity index (χ3n) is 3.04. The first-order valence-electron chi connectivity index (χ1n) is 5.91. The number of methoxy groups -OCH3 is 1. The van der Waals surface area contributed by atoms with E-state index in [0.29, 0.717) is 5.82 Å². The number of amides is 2. The smallest absolute Gasteiger partial charge is 0.320 e. The number of nitrogens with zero attached hydrogens (tertiary/aromatic N) is 1. The van der Waals surface area contributed by atoms with Crippen LogP contribution < -0.4 is 10.6 Å². The number of ether oxygens (including phenoxy) is 1. The number of halogens is 1. The molecule has 1 aliphatic rings. The van der Waals surface area contributed by atoms with Crippen molar-refractivity contribution in [1.82, 2.24) is 10.3 Å². The average Bonchev–Trinajstić information content (AvgIpc) is 2.79. The Kier molecular flexibility index (Phi) is 4.09. The molecule has 0 bridgehead atoms. The number of pyridine rings is 1. The van der Waals surface area contributed by atoms with Crippen LogP contribution >= 0.6 is 0 Å². The highest BCUT2D eigenvalue weighted by molar-refractivity contribution is 5.88. The van der Waals surface area contributed by atoms with Crippen molar-refractivity contribution in [1.29, 1.82) is 0 Å². The second kappa shape index (κ2) is 5.77. The summed E-state index contributed by atoms with van der Waals surface area (Å²) in [6, 6.07) is 2.34. The first-order chi connectivity index (χ1) is 8.69. The lowest BCUT2D eigenvalue weighted by Crippen LogP contribution is -2.43. The van der Waals surface area contributed by atoms with Crippen LogP contribution in [-0.2, 0) is 4.74 Å². The Hall–Kier alpha value is -1.69. The Balaban J connectivity index is 1.86. The third-order valence-corrected chi connectivity index (χ3v) is 3.04. The third kappa shape index (κ3) is 3.16. The zero-order chi connectivity index (χ0) is 13.0. The maximum absolute atomic E-state index is 12.6. The number of nitrogens with one attached hydrogen (secondary N) is 2. The van der Waals surface area contributed by atoms with E-state index in [1.54, 1.807) is 7.11 Å². The largest absolute Gasteiger partial charge is 0.379 e. The Morgan fingerprint density at radius 1 is 1.50 bits per heavy atom. The van der Waals surface area contributed by atoms with Crippen LogP contribution in [-0.4, -0.2) is 30.3 Å². The summed E-state index contributed by atoms with van der Waals surface area (Å²) in [4.78, 5) is 15.5. The summed E-state index contributed by atoms with van der Waals surface area (Å²) in [6.07, 6.45) is 4.03. The predicted octanol–water partition coefficient (Wildman–Crippen LogP) is 1.91. The number of hydrogen-bond donors (Lipinski definition) is 2. The minimum absolute atomic E-state index is 0.0236. The lowest BCUT2D eigenvalue weighted by Gasteiger charge is -2.19. The van der Waals surface area contributed by atoms with Gasteiger partial charge in [-0.05, 0) is 31.4 Å². The molecule has 1 saturated carbocycles. The molecular weight excluding hydrogens is 237 g/mol. The Morgan fingerprint density at radius 3 is 3.00 bits per heavy atom. The van der Waals surface area contributed by atoms with Crippen LogP contribution in [0.15, 0.2) is 18.3 Å². The lowest BCUT2D eigenvalue weighted by molar-refractivity contribution is 0.0882. The van der Waals surface area contributed by atoms with E-state index in [-0.39, 0.29) is 18.2 Å². The average molecular weight is 253 g/mol. The highest BCUT2D eigenvalue weighted by atomic mass is 19.1. The normalized spacial score (nSPS) is 22.8. The fraction of sp³-hybridized carbons (Fsp3) is 0.500. The van der Waals surface area contributed by atoms with Crippen LogP contribution in [0.25, 0.3) is 0 Å². The lowest BCUT2D eigenvalue weighted by atomic mass is 10.2. The van der Waals surface area contributed by atoms with E-state index in [4.69, 9.17) is 4.74 Å². The van der Waals surface area contributed by atoms with Gasteiger partial charge in [-0.2, -0.15) is 0 Å². The van der Waals surface area contributed by atoms with Gasteiger partial charge < -0.3 is 10.1 Å².